The van der Waals surface area contributed by atoms with Crippen molar-refractivity contribution in [2.24, 2.45) is 0 Å². The van der Waals surface area contributed by atoms with Crippen molar-refractivity contribution in [3.63, 3.8) is 0 Å². The van der Waals surface area contributed by atoms with E-state index in [0.717, 1.165) is 0 Å². The van der Waals surface area contributed by atoms with Gasteiger partial charge in [-0.15, -0.1) is 0 Å². The van der Waals surface area contributed by atoms with Crippen molar-refractivity contribution in [3.8, 4) is 0 Å². The van der Waals surface area contributed by atoms with E-state index in [9.17, 15) is 13.2 Å². The van der Waals surface area contributed by atoms with Gasteiger partial charge in [0.25, 0.3) is 0 Å². The second-order valence-electron chi connectivity index (χ2n) is 3.40. The predicted octanol–water partition coefficient (Wildman–Crippen LogP) is 1.33. The van der Waals surface area contributed by atoms with E-state index in [1.165, 1.54) is 6.07 Å². The van der Waals surface area contributed by atoms with Crippen LogP contribution in [0.5, 0.6) is 0 Å². The van der Waals surface area contributed by atoms with Crippen LogP contribution in [0.2, 0.25) is 0 Å². The van der Waals surface area contributed by atoms with Gasteiger partial charge in [-0.3, -0.25) is 4.79 Å². The number of carbonyl (C=O) groups is 1. The summed E-state index contributed by atoms with van der Waals surface area (Å²) in [4.78, 5) is 11.4. The molecule has 6 heteroatoms. The fourth-order valence-electron chi connectivity index (χ4n) is 1.31. The monoisotopic (exact) mass is 256 g/mol. The Bertz CT molecular complexity index is 497. The highest BCUT2D eigenvalue weighted by atomic mass is 32.2. The van der Waals surface area contributed by atoms with E-state index < -0.39 is 10.0 Å². The van der Waals surface area contributed by atoms with E-state index in [0.29, 0.717) is 18.7 Å². The van der Waals surface area contributed by atoms with Crippen LogP contribution in [0.25, 0.3) is 0 Å². The standard InChI is InChI=1S/C11H16N2O3S/c1-3-11(14)13-9-7-5-6-8-10(9)17(15,16)12-4-2/h5-8,12H,3-4H2,1-2H3,(H,13,14). The molecule has 1 aromatic rings. The molecule has 0 aliphatic heterocycles. The molecule has 1 rings (SSSR count). The summed E-state index contributed by atoms with van der Waals surface area (Å²) in [6.45, 7) is 3.71. The molecule has 0 aliphatic carbocycles. The Labute approximate surface area is 101 Å². The molecule has 0 radical (unpaired) electrons. The molecule has 5 nitrogen and oxygen atoms in total. The number of anilines is 1. The molecule has 94 valence electrons. The van der Waals surface area contributed by atoms with Gasteiger partial charge in [-0.25, -0.2) is 13.1 Å². The van der Waals surface area contributed by atoms with E-state index in [-0.39, 0.29) is 10.8 Å². The fraction of sp³-hybridized carbons (Fsp3) is 0.364. The topological polar surface area (TPSA) is 75.3 Å². The zero-order valence-corrected chi connectivity index (χ0v) is 10.7. The van der Waals surface area contributed by atoms with Gasteiger partial charge >= 0.3 is 0 Å². The number of benzene rings is 1. The Morgan fingerprint density at radius 3 is 2.47 bits per heavy atom. The first-order valence-corrected chi connectivity index (χ1v) is 6.88. The maximum atomic E-state index is 11.9. The molecule has 17 heavy (non-hydrogen) atoms. The number of rotatable bonds is 5. The molecule has 0 fully saturated rings. The van der Waals surface area contributed by atoms with Crippen LogP contribution in [0.4, 0.5) is 5.69 Å². The van der Waals surface area contributed by atoms with Crippen LogP contribution in [0.15, 0.2) is 29.2 Å². The smallest absolute Gasteiger partial charge is 0.242 e. The normalized spacial score (nSPS) is 11.2. The average Bonchev–Trinajstić information content (AvgIpc) is 2.29. The summed E-state index contributed by atoms with van der Waals surface area (Å²) < 4.78 is 26.1. The number of carbonyl (C=O) groups excluding carboxylic acids is 1. The molecule has 0 aromatic heterocycles. The third kappa shape index (κ3) is 3.54. The van der Waals surface area contributed by atoms with Gasteiger partial charge in [0.05, 0.1) is 5.69 Å². The van der Waals surface area contributed by atoms with Crippen LogP contribution in [0.3, 0.4) is 0 Å². The van der Waals surface area contributed by atoms with Crippen LogP contribution in [-0.2, 0) is 14.8 Å². The summed E-state index contributed by atoms with van der Waals surface area (Å²) in [5.41, 5.74) is 0.306. The number of hydrogen-bond acceptors (Lipinski definition) is 3. The highest BCUT2D eigenvalue weighted by Gasteiger charge is 2.17. The van der Waals surface area contributed by atoms with Gasteiger partial charge < -0.3 is 5.32 Å². The maximum absolute atomic E-state index is 11.9. The van der Waals surface area contributed by atoms with E-state index in [4.69, 9.17) is 0 Å². The highest BCUT2D eigenvalue weighted by molar-refractivity contribution is 7.89. The molecule has 0 heterocycles. The zero-order valence-electron chi connectivity index (χ0n) is 9.86. The summed E-state index contributed by atoms with van der Waals surface area (Å²) in [5, 5.41) is 2.57. The number of sulfonamides is 1. The SMILES string of the molecule is CCNS(=O)(=O)c1ccccc1NC(=O)CC. The lowest BCUT2D eigenvalue weighted by atomic mass is 10.3. The molecule has 1 amide bonds. The first-order valence-electron chi connectivity index (χ1n) is 5.39. The third-order valence-electron chi connectivity index (χ3n) is 2.11. The first-order chi connectivity index (χ1) is 8.01. The van der Waals surface area contributed by atoms with Crippen LogP contribution in [0, 0.1) is 0 Å². The van der Waals surface area contributed by atoms with E-state index >= 15 is 0 Å². The zero-order chi connectivity index (χ0) is 12.9. The fourth-order valence-corrected chi connectivity index (χ4v) is 2.51. The molecule has 0 saturated carbocycles. The van der Waals surface area contributed by atoms with Gasteiger partial charge in [-0.1, -0.05) is 26.0 Å². The van der Waals surface area contributed by atoms with Crippen molar-refractivity contribution < 1.29 is 13.2 Å². The Balaban J connectivity index is 3.12. The van der Waals surface area contributed by atoms with Crippen molar-refractivity contribution in [2.45, 2.75) is 25.2 Å². The second kappa shape index (κ2) is 5.79. The molecule has 0 atom stereocenters. The predicted molar refractivity (Wildman–Crippen MR) is 66.2 cm³/mol. The van der Waals surface area contributed by atoms with Crippen LogP contribution < -0.4 is 10.0 Å². The number of amides is 1. The van der Waals surface area contributed by atoms with Crippen LogP contribution in [-0.4, -0.2) is 20.9 Å². The van der Waals surface area contributed by atoms with Gasteiger partial charge in [-0.05, 0) is 12.1 Å². The van der Waals surface area contributed by atoms with E-state index in [1.54, 1.807) is 32.0 Å². The summed E-state index contributed by atoms with van der Waals surface area (Å²) in [5.74, 6) is -0.218. The van der Waals surface area contributed by atoms with Gasteiger partial charge in [0.2, 0.25) is 15.9 Å². The molecule has 0 spiro atoms. The van der Waals surface area contributed by atoms with Crippen molar-refractivity contribution in [2.75, 3.05) is 11.9 Å². The second-order valence-corrected chi connectivity index (χ2v) is 5.13. The van der Waals surface area contributed by atoms with Gasteiger partial charge in [0.1, 0.15) is 4.90 Å². The Morgan fingerprint density at radius 1 is 1.24 bits per heavy atom. The van der Waals surface area contributed by atoms with Crippen molar-refractivity contribution in [1.82, 2.24) is 4.72 Å². The molecular weight excluding hydrogens is 240 g/mol. The summed E-state index contributed by atoms with van der Waals surface area (Å²) >= 11 is 0. The highest BCUT2D eigenvalue weighted by Crippen LogP contribution is 2.20. The first kappa shape index (κ1) is 13.7. The lowest BCUT2D eigenvalue weighted by Crippen LogP contribution is -2.24. The minimum atomic E-state index is -3.56. The Kier molecular flexibility index (Phi) is 4.65. The molecular formula is C11H16N2O3S. The van der Waals surface area contributed by atoms with Crippen molar-refractivity contribution in [1.29, 1.82) is 0 Å². The quantitative estimate of drug-likeness (QED) is 0.834. The minimum Gasteiger partial charge on any atom is -0.325 e. The van der Waals surface area contributed by atoms with Crippen LogP contribution >= 0.6 is 0 Å². The van der Waals surface area contributed by atoms with Gasteiger partial charge in [0, 0.05) is 13.0 Å². The molecule has 0 aliphatic rings. The molecule has 0 saturated heterocycles. The molecule has 2 N–H and O–H groups in total. The van der Waals surface area contributed by atoms with Crippen LogP contribution in [0.1, 0.15) is 20.3 Å². The van der Waals surface area contributed by atoms with Crippen molar-refractivity contribution in [3.05, 3.63) is 24.3 Å². The molecule has 1 aromatic carbocycles. The molecule has 0 unspecified atom stereocenters. The average molecular weight is 256 g/mol. The van der Waals surface area contributed by atoms with Crippen molar-refractivity contribution >= 4 is 21.6 Å². The minimum absolute atomic E-state index is 0.0867. The van der Waals surface area contributed by atoms with Gasteiger partial charge in [-0.2, -0.15) is 0 Å². The van der Waals surface area contributed by atoms with Gasteiger partial charge in [0.15, 0.2) is 0 Å². The third-order valence-corrected chi connectivity index (χ3v) is 3.71. The largest absolute Gasteiger partial charge is 0.325 e. The van der Waals surface area contributed by atoms with E-state index in [1.807, 2.05) is 0 Å². The Hall–Kier alpha value is -1.40. The lowest BCUT2D eigenvalue weighted by Gasteiger charge is -2.11. The number of para-hydroxylation sites is 1. The number of nitrogens with one attached hydrogen (secondary N) is 2. The maximum Gasteiger partial charge on any atom is 0.242 e. The lowest BCUT2D eigenvalue weighted by molar-refractivity contribution is -0.115. The van der Waals surface area contributed by atoms with E-state index in [2.05, 4.69) is 10.0 Å². The summed E-state index contributed by atoms with van der Waals surface area (Å²) in [6, 6.07) is 6.32. The number of hydrogen-bond donors (Lipinski definition) is 2. The summed E-state index contributed by atoms with van der Waals surface area (Å²) in [6.07, 6.45) is 0.301. The Morgan fingerprint density at radius 2 is 1.88 bits per heavy atom. The summed E-state index contributed by atoms with van der Waals surface area (Å²) in [7, 11) is -3.56. The molecule has 0 bridgehead atoms.